The van der Waals surface area contributed by atoms with Crippen molar-refractivity contribution in [1.29, 1.82) is 0 Å². The van der Waals surface area contributed by atoms with Gasteiger partial charge in [0.05, 0.1) is 0 Å². The third-order valence-corrected chi connectivity index (χ3v) is 1.93. The number of para-hydroxylation sites is 1. The highest BCUT2D eigenvalue weighted by molar-refractivity contribution is 5.44. The Bertz CT molecular complexity index is 347. The van der Waals surface area contributed by atoms with Crippen molar-refractivity contribution in [3.8, 4) is 0 Å². The van der Waals surface area contributed by atoms with Crippen molar-refractivity contribution in [2.24, 2.45) is 0 Å². The van der Waals surface area contributed by atoms with E-state index in [1.807, 2.05) is 61.6 Å². The second-order valence-electron chi connectivity index (χ2n) is 3.26. The number of rotatable bonds is 5. The molecule has 15 heavy (non-hydrogen) atoms. The number of benzene rings is 1. The van der Waals surface area contributed by atoms with Crippen molar-refractivity contribution < 1.29 is 0 Å². The molecule has 0 amide bonds. The predicted octanol–water partition coefficient (Wildman–Crippen LogP) is 3.79. The molecule has 1 nitrogen and oxygen atoms in total. The highest BCUT2D eigenvalue weighted by Crippen LogP contribution is 2.05. The average Bonchev–Trinajstić information content (AvgIpc) is 2.28. The Balaban J connectivity index is 2.35. The summed E-state index contributed by atoms with van der Waals surface area (Å²) >= 11 is 0. The van der Waals surface area contributed by atoms with Crippen LogP contribution in [0.1, 0.15) is 6.92 Å². The molecule has 1 aromatic carbocycles. The monoisotopic (exact) mass is 199 g/mol. The van der Waals surface area contributed by atoms with E-state index in [0.29, 0.717) is 0 Å². The van der Waals surface area contributed by atoms with Gasteiger partial charge < -0.3 is 5.32 Å². The molecule has 0 aliphatic carbocycles. The molecule has 0 aliphatic rings. The lowest BCUT2D eigenvalue weighted by Gasteiger charge is -2.05. The van der Waals surface area contributed by atoms with Crippen LogP contribution in [0.2, 0.25) is 0 Å². The first kappa shape index (κ1) is 11.3. The van der Waals surface area contributed by atoms with Crippen LogP contribution in [0.4, 0.5) is 5.69 Å². The van der Waals surface area contributed by atoms with E-state index in [9.17, 15) is 0 Å². The van der Waals surface area contributed by atoms with Crippen LogP contribution in [0, 0.1) is 0 Å². The lowest BCUT2D eigenvalue weighted by molar-refractivity contribution is 1.27. The largest absolute Gasteiger partial charge is 0.381 e. The molecule has 1 aromatic rings. The molecule has 0 bridgehead atoms. The van der Waals surface area contributed by atoms with Gasteiger partial charge in [0, 0.05) is 12.2 Å². The number of allylic oxidation sites excluding steroid dienone is 3. The van der Waals surface area contributed by atoms with Crippen molar-refractivity contribution in [3.05, 3.63) is 66.8 Å². The van der Waals surface area contributed by atoms with Gasteiger partial charge in [0.2, 0.25) is 0 Å². The molecule has 0 saturated carbocycles. The molecule has 1 N–H and O–H groups in total. The van der Waals surface area contributed by atoms with Gasteiger partial charge >= 0.3 is 0 Å². The van der Waals surface area contributed by atoms with Gasteiger partial charge in [0.1, 0.15) is 0 Å². The number of hydrogen-bond donors (Lipinski definition) is 1. The molecule has 0 radical (unpaired) electrons. The summed E-state index contributed by atoms with van der Waals surface area (Å²) in [6, 6.07) is 10.1. The highest BCUT2D eigenvalue weighted by atomic mass is 14.9. The van der Waals surface area contributed by atoms with Crippen molar-refractivity contribution in [2.45, 2.75) is 6.92 Å². The average molecular weight is 199 g/mol. The standard InChI is InChI=1S/C14H17N/c1-3-4-6-9-13(2)12-15-14-10-7-5-8-11-14/h3-11,15H,2,12H2,1H3/b4-3-,9-6-. The molecular formula is C14H17N. The molecule has 0 fully saturated rings. The SMILES string of the molecule is C=C(/C=C\C=C/C)CNc1ccccc1. The Morgan fingerprint density at radius 3 is 2.67 bits per heavy atom. The smallest absolute Gasteiger partial charge is 0.0394 e. The fourth-order valence-corrected chi connectivity index (χ4v) is 1.13. The van der Waals surface area contributed by atoms with Crippen LogP contribution < -0.4 is 5.32 Å². The summed E-state index contributed by atoms with van der Waals surface area (Å²) in [6.45, 7) is 6.73. The lowest BCUT2D eigenvalue weighted by atomic mass is 10.2. The van der Waals surface area contributed by atoms with Crippen LogP contribution >= 0.6 is 0 Å². The Labute approximate surface area is 91.8 Å². The molecule has 78 valence electrons. The minimum absolute atomic E-state index is 0.776. The zero-order valence-corrected chi connectivity index (χ0v) is 9.11. The van der Waals surface area contributed by atoms with Crippen molar-refractivity contribution >= 4 is 5.69 Å². The maximum Gasteiger partial charge on any atom is 0.0394 e. The Morgan fingerprint density at radius 2 is 2.00 bits per heavy atom. The molecule has 0 spiro atoms. The third kappa shape index (κ3) is 4.87. The fraction of sp³-hybridized carbons (Fsp3) is 0.143. The lowest BCUT2D eigenvalue weighted by Crippen LogP contribution is -2.01. The molecule has 1 rings (SSSR count). The molecule has 1 heteroatoms. The molecule has 0 aliphatic heterocycles. The van der Waals surface area contributed by atoms with E-state index < -0.39 is 0 Å². The maximum absolute atomic E-state index is 3.96. The number of anilines is 1. The first-order valence-electron chi connectivity index (χ1n) is 5.09. The number of hydrogen-bond acceptors (Lipinski definition) is 1. The minimum Gasteiger partial charge on any atom is -0.381 e. The Hall–Kier alpha value is -1.76. The van der Waals surface area contributed by atoms with Crippen LogP contribution in [0.25, 0.3) is 0 Å². The maximum atomic E-state index is 3.96. The second kappa shape index (κ2) is 6.66. The topological polar surface area (TPSA) is 12.0 Å². The van der Waals surface area contributed by atoms with E-state index in [0.717, 1.165) is 17.8 Å². The Kier molecular flexibility index (Phi) is 5.02. The van der Waals surface area contributed by atoms with E-state index in [4.69, 9.17) is 0 Å². The van der Waals surface area contributed by atoms with Crippen molar-refractivity contribution in [3.63, 3.8) is 0 Å². The first-order valence-corrected chi connectivity index (χ1v) is 5.09. The van der Waals surface area contributed by atoms with Gasteiger partial charge in [0.15, 0.2) is 0 Å². The summed E-state index contributed by atoms with van der Waals surface area (Å²) in [5.41, 5.74) is 2.19. The zero-order valence-electron chi connectivity index (χ0n) is 9.11. The van der Waals surface area contributed by atoms with Crippen LogP contribution in [-0.4, -0.2) is 6.54 Å². The molecule has 0 unspecified atom stereocenters. The summed E-state index contributed by atoms with van der Waals surface area (Å²) in [7, 11) is 0. The first-order chi connectivity index (χ1) is 7.33. The van der Waals surface area contributed by atoms with Crippen molar-refractivity contribution in [2.75, 3.05) is 11.9 Å². The van der Waals surface area contributed by atoms with Crippen LogP contribution in [0.15, 0.2) is 66.8 Å². The van der Waals surface area contributed by atoms with Gasteiger partial charge in [-0.3, -0.25) is 0 Å². The third-order valence-electron chi connectivity index (χ3n) is 1.93. The quantitative estimate of drug-likeness (QED) is 0.711. The molecule has 0 atom stereocenters. The minimum atomic E-state index is 0.776. The molecule has 0 aromatic heterocycles. The highest BCUT2D eigenvalue weighted by Gasteiger charge is 1.89. The van der Waals surface area contributed by atoms with Crippen LogP contribution in [-0.2, 0) is 0 Å². The van der Waals surface area contributed by atoms with E-state index in [-0.39, 0.29) is 0 Å². The number of nitrogens with one attached hydrogen (secondary N) is 1. The summed E-state index contributed by atoms with van der Waals surface area (Å²) in [5, 5.41) is 3.30. The van der Waals surface area contributed by atoms with Crippen LogP contribution in [0.5, 0.6) is 0 Å². The summed E-state index contributed by atoms with van der Waals surface area (Å²) in [6.07, 6.45) is 7.99. The summed E-state index contributed by atoms with van der Waals surface area (Å²) in [4.78, 5) is 0. The van der Waals surface area contributed by atoms with Gasteiger partial charge in [-0.05, 0) is 24.6 Å². The normalized spacial score (nSPS) is 11.0. The zero-order chi connectivity index (χ0) is 10.9. The molecular weight excluding hydrogens is 182 g/mol. The second-order valence-corrected chi connectivity index (χ2v) is 3.26. The van der Waals surface area contributed by atoms with E-state index in [2.05, 4.69) is 11.9 Å². The van der Waals surface area contributed by atoms with Crippen molar-refractivity contribution in [1.82, 2.24) is 0 Å². The molecule has 0 saturated heterocycles. The van der Waals surface area contributed by atoms with Gasteiger partial charge in [-0.25, -0.2) is 0 Å². The van der Waals surface area contributed by atoms with E-state index >= 15 is 0 Å². The fourth-order valence-electron chi connectivity index (χ4n) is 1.13. The summed E-state index contributed by atoms with van der Waals surface area (Å²) in [5.74, 6) is 0. The molecule has 0 heterocycles. The predicted molar refractivity (Wildman–Crippen MR) is 68.0 cm³/mol. The van der Waals surface area contributed by atoms with Gasteiger partial charge in [-0.15, -0.1) is 0 Å². The van der Waals surface area contributed by atoms with Gasteiger partial charge in [-0.1, -0.05) is 49.1 Å². The van der Waals surface area contributed by atoms with E-state index in [1.54, 1.807) is 0 Å². The Morgan fingerprint density at radius 1 is 1.27 bits per heavy atom. The van der Waals surface area contributed by atoms with E-state index in [1.165, 1.54) is 0 Å². The van der Waals surface area contributed by atoms with Crippen LogP contribution in [0.3, 0.4) is 0 Å². The summed E-state index contributed by atoms with van der Waals surface area (Å²) < 4.78 is 0. The van der Waals surface area contributed by atoms with Gasteiger partial charge in [0.25, 0.3) is 0 Å². The van der Waals surface area contributed by atoms with Gasteiger partial charge in [-0.2, -0.15) is 0 Å².